The Morgan fingerprint density at radius 3 is 0.689 bits per heavy atom. The van der Waals surface area contributed by atoms with E-state index in [2.05, 4.69) is 55.4 Å². The smallest absolute Gasteiger partial charge is 0.462 e. The predicted molar refractivity (Wildman–Crippen MR) is 423 cm³/mol. The largest absolute Gasteiger partial charge is 0.472 e. The Morgan fingerprint density at radius 1 is 0.272 bits per heavy atom. The minimum atomic E-state index is -4.97. The van der Waals surface area contributed by atoms with Gasteiger partial charge in [-0.1, -0.05) is 383 Å². The summed E-state index contributed by atoms with van der Waals surface area (Å²) in [6, 6.07) is 0. The van der Waals surface area contributed by atoms with Gasteiger partial charge in [0.2, 0.25) is 0 Å². The Bertz CT molecular complexity index is 2010. The van der Waals surface area contributed by atoms with Crippen LogP contribution in [-0.2, 0) is 65.4 Å². The molecule has 0 fully saturated rings. The summed E-state index contributed by atoms with van der Waals surface area (Å²) < 4.78 is 68.8. The fourth-order valence-corrected chi connectivity index (χ4v) is 14.5. The molecule has 0 aliphatic carbocycles. The summed E-state index contributed by atoms with van der Waals surface area (Å²) >= 11 is 0. The van der Waals surface area contributed by atoms with Gasteiger partial charge in [0.05, 0.1) is 26.4 Å². The third-order valence-electron chi connectivity index (χ3n) is 20.3. The van der Waals surface area contributed by atoms with Crippen molar-refractivity contribution in [2.45, 2.75) is 453 Å². The molecule has 0 bridgehead atoms. The molecule has 0 heterocycles. The maximum Gasteiger partial charge on any atom is 0.472 e. The Labute approximate surface area is 632 Å². The lowest BCUT2D eigenvalue weighted by Crippen LogP contribution is -2.30. The summed E-state index contributed by atoms with van der Waals surface area (Å²) in [6.45, 7) is 14.3. The summed E-state index contributed by atoms with van der Waals surface area (Å²) in [5.41, 5.74) is 0. The van der Waals surface area contributed by atoms with E-state index in [4.69, 9.17) is 37.0 Å². The van der Waals surface area contributed by atoms with Gasteiger partial charge in [-0.05, 0) is 49.4 Å². The number of carbonyl (C=O) groups is 4. The number of esters is 4. The molecule has 0 radical (unpaired) electrons. The summed E-state index contributed by atoms with van der Waals surface area (Å²) in [4.78, 5) is 73.1. The molecule has 0 aromatic carbocycles. The lowest BCUT2D eigenvalue weighted by Gasteiger charge is -2.21. The second-order valence-electron chi connectivity index (χ2n) is 31.7. The number of aliphatic hydroxyl groups is 1. The first-order valence-corrected chi connectivity index (χ1v) is 46.3. The van der Waals surface area contributed by atoms with Gasteiger partial charge in [-0.2, -0.15) is 0 Å². The van der Waals surface area contributed by atoms with Crippen LogP contribution in [0.1, 0.15) is 434 Å². The van der Waals surface area contributed by atoms with Gasteiger partial charge in [-0.3, -0.25) is 37.3 Å². The van der Waals surface area contributed by atoms with Gasteiger partial charge < -0.3 is 33.8 Å². The molecular weight excluding hydrogens is 1340 g/mol. The molecule has 19 heteroatoms. The van der Waals surface area contributed by atoms with Crippen molar-refractivity contribution >= 4 is 39.5 Å². The second-order valence-corrected chi connectivity index (χ2v) is 34.6. The number of carbonyl (C=O) groups excluding carboxylic acids is 4. The SMILES string of the molecule is CCC(C)CCCCCCCCCCCCCCCCCCCCC(=O)O[C@H](COC(=O)CCCCCCCCCCCCCCCC(C)C)COP(=O)(O)OC[C@@H](O)COP(=O)(O)OC[C@@H](COC(=O)CCCCCCCCC(C)CC)OC(=O)CCCCCCCCCCCCCCC(C)C. The van der Waals surface area contributed by atoms with E-state index in [0.717, 1.165) is 120 Å². The van der Waals surface area contributed by atoms with Crippen LogP contribution in [0.5, 0.6) is 0 Å². The van der Waals surface area contributed by atoms with Crippen LogP contribution in [-0.4, -0.2) is 96.7 Å². The van der Waals surface area contributed by atoms with E-state index < -0.39 is 97.5 Å². The fourth-order valence-electron chi connectivity index (χ4n) is 12.9. The maximum atomic E-state index is 13.1. The second kappa shape index (κ2) is 72.9. The fraction of sp³-hybridized carbons (Fsp3) is 0.952. The minimum absolute atomic E-state index is 0.106. The van der Waals surface area contributed by atoms with Gasteiger partial charge in [0.15, 0.2) is 12.2 Å². The molecule has 612 valence electrons. The molecule has 4 unspecified atom stereocenters. The molecule has 0 spiro atoms. The van der Waals surface area contributed by atoms with E-state index >= 15 is 0 Å². The van der Waals surface area contributed by atoms with Crippen molar-refractivity contribution in [1.29, 1.82) is 0 Å². The zero-order chi connectivity index (χ0) is 76.0. The molecule has 0 saturated heterocycles. The van der Waals surface area contributed by atoms with Crippen LogP contribution in [0.3, 0.4) is 0 Å². The van der Waals surface area contributed by atoms with E-state index in [-0.39, 0.29) is 25.7 Å². The number of hydrogen-bond acceptors (Lipinski definition) is 15. The van der Waals surface area contributed by atoms with Crippen LogP contribution < -0.4 is 0 Å². The van der Waals surface area contributed by atoms with Crippen LogP contribution >= 0.6 is 15.6 Å². The lowest BCUT2D eigenvalue weighted by molar-refractivity contribution is -0.161. The third-order valence-corrected chi connectivity index (χ3v) is 22.2. The van der Waals surface area contributed by atoms with E-state index in [1.807, 2.05) is 0 Å². The number of unbranched alkanes of at least 4 members (excludes halogenated alkanes) is 45. The number of ether oxygens (including phenoxy) is 4. The Hall–Kier alpha value is -1.94. The highest BCUT2D eigenvalue weighted by molar-refractivity contribution is 7.47. The first-order chi connectivity index (χ1) is 49.7. The Kier molecular flexibility index (Phi) is 71.5. The Morgan fingerprint density at radius 2 is 0.466 bits per heavy atom. The quantitative estimate of drug-likeness (QED) is 0.0222. The summed E-state index contributed by atoms with van der Waals surface area (Å²) in [6.07, 6.45) is 61.1. The van der Waals surface area contributed by atoms with Crippen molar-refractivity contribution in [2.24, 2.45) is 23.7 Å². The molecule has 7 atom stereocenters. The number of hydrogen-bond donors (Lipinski definition) is 3. The summed E-state index contributed by atoms with van der Waals surface area (Å²) in [5, 5.41) is 10.7. The molecule has 0 amide bonds. The molecule has 0 saturated carbocycles. The van der Waals surface area contributed by atoms with E-state index in [0.29, 0.717) is 25.7 Å². The van der Waals surface area contributed by atoms with Crippen molar-refractivity contribution in [1.82, 2.24) is 0 Å². The third kappa shape index (κ3) is 75.3. The lowest BCUT2D eigenvalue weighted by atomic mass is 9.99. The van der Waals surface area contributed by atoms with E-state index in [9.17, 15) is 43.2 Å². The highest BCUT2D eigenvalue weighted by Crippen LogP contribution is 2.45. The monoisotopic (exact) mass is 1510 g/mol. The molecule has 17 nitrogen and oxygen atoms in total. The average molecular weight is 1510 g/mol. The standard InChI is InChI=1S/C84H164O17P2/c1-9-76(7)62-54-46-38-32-26-19-15-13-11-12-14-16-20-28-34-40-50-58-66-83(88)100-79(70-94-81(86)64-56-48-39-33-27-21-17-18-24-30-36-44-52-60-74(3)4)72-98-102(90,91)96-68-78(85)69-97-103(92,93)99-73-80(71-95-82(87)65-57-49-43-42-47-55-63-77(8)10-2)101-84(89)67-59-51-41-35-29-23-22-25-31-37-45-53-61-75(5)6/h74-80,85H,9-73H2,1-8H3,(H,90,91)(H,92,93)/t76?,77?,78-,79-,80-/m1/s1. The van der Waals surface area contributed by atoms with Crippen LogP contribution in [0.2, 0.25) is 0 Å². The topological polar surface area (TPSA) is 237 Å². The zero-order valence-corrected chi connectivity index (χ0v) is 69.7. The first-order valence-electron chi connectivity index (χ1n) is 43.3. The van der Waals surface area contributed by atoms with Crippen LogP contribution in [0.25, 0.3) is 0 Å². The number of aliphatic hydroxyl groups excluding tert-OH is 1. The van der Waals surface area contributed by atoms with E-state index in [1.165, 1.54) is 231 Å². The summed E-state index contributed by atoms with van der Waals surface area (Å²) in [5.74, 6) is 1.06. The molecule has 0 rings (SSSR count). The van der Waals surface area contributed by atoms with Crippen molar-refractivity contribution in [3.8, 4) is 0 Å². The van der Waals surface area contributed by atoms with Crippen LogP contribution in [0.15, 0.2) is 0 Å². The minimum Gasteiger partial charge on any atom is -0.462 e. The average Bonchev–Trinajstić information content (AvgIpc) is 0.914. The van der Waals surface area contributed by atoms with Gasteiger partial charge in [0.25, 0.3) is 0 Å². The molecular formula is C84H164O17P2. The molecule has 3 N–H and O–H groups in total. The molecule has 0 aromatic heterocycles. The molecule has 0 aliphatic heterocycles. The highest BCUT2D eigenvalue weighted by Gasteiger charge is 2.30. The van der Waals surface area contributed by atoms with Crippen molar-refractivity contribution < 1.29 is 80.2 Å². The number of phosphoric ester groups is 2. The zero-order valence-electron chi connectivity index (χ0n) is 68.0. The van der Waals surface area contributed by atoms with Gasteiger partial charge >= 0.3 is 39.5 Å². The molecule has 103 heavy (non-hydrogen) atoms. The van der Waals surface area contributed by atoms with Crippen molar-refractivity contribution in [3.05, 3.63) is 0 Å². The predicted octanol–water partition coefficient (Wildman–Crippen LogP) is 25.2. The van der Waals surface area contributed by atoms with Gasteiger partial charge in [0, 0.05) is 25.7 Å². The molecule has 0 aliphatic rings. The summed E-state index contributed by atoms with van der Waals surface area (Å²) in [7, 11) is -9.93. The van der Waals surface area contributed by atoms with Crippen LogP contribution in [0.4, 0.5) is 0 Å². The van der Waals surface area contributed by atoms with Crippen LogP contribution in [0, 0.1) is 23.7 Å². The van der Waals surface area contributed by atoms with Gasteiger partial charge in [0.1, 0.15) is 19.3 Å². The normalized spacial score (nSPS) is 14.5. The van der Waals surface area contributed by atoms with Gasteiger partial charge in [-0.15, -0.1) is 0 Å². The maximum absolute atomic E-state index is 13.1. The number of phosphoric acid groups is 2. The highest BCUT2D eigenvalue weighted by atomic mass is 31.2. The molecule has 0 aromatic rings. The van der Waals surface area contributed by atoms with E-state index in [1.54, 1.807) is 0 Å². The first kappa shape index (κ1) is 101. The van der Waals surface area contributed by atoms with Crippen molar-refractivity contribution in [3.63, 3.8) is 0 Å². The Balaban J connectivity index is 5.23. The number of rotatable bonds is 81. The van der Waals surface area contributed by atoms with Crippen molar-refractivity contribution in [2.75, 3.05) is 39.6 Å². The van der Waals surface area contributed by atoms with Gasteiger partial charge in [-0.25, -0.2) is 9.13 Å².